The van der Waals surface area contributed by atoms with E-state index >= 15 is 0 Å². The second-order valence-corrected chi connectivity index (χ2v) is 11.6. The van der Waals surface area contributed by atoms with E-state index < -0.39 is 6.04 Å². The molecular formula is C33H42ClN5O4. The van der Waals surface area contributed by atoms with Gasteiger partial charge in [0.2, 0.25) is 11.8 Å². The van der Waals surface area contributed by atoms with Crippen molar-refractivity contribution in [2.75, 3.05) is 40.3 Å². The molecule has 2 heterocycles. The Kier molecular flexibility index (Phi) is 11.6. The third-order valence-corrected chi connectivity index (χ3v) is 8.12. The van der Waals surface area contributed by atoms with E-state index in [0.717, 1.165) is 36.8 Å². The number of carbonyl (C=O) groups excluding carboxylic acids is 3. The van der Waals surface area contributed by atoms with E-state index in [4.69, 9.17) is 16.3 Å². The second-order valence-electron chi connectivity index (χ2n) is 11.2. The molecule has 10 heteroatoms. The van der Waals surface area contributed by atoms with Crippen molar-refractivity contribution in [1.82, 2.24) is 24.5 Å². The average molecular weight is 608 g/mol. The van der Waals surface area contributed by atoms with E-state index in [2.05, 4.69) is 5.10 Å². The Labute approximate surface area is 259 Å². The quantitative estimate of drug-likeness (QED) is 0.422. The molecule has 0 fully saturated rings. The minimum atomic E-state index is -0.715. The van der Waals surface area contributed by atoms with Crippen LogP contribution in [0.5, 0.6) is 5.75 Å². The van der Waals surface area contributed by atoms with Crippen molar-refractivity contribution in [1.29, 1.82) is 0 Å². The molecule has 0 saturated carbocycles. The highest BCUT2D eigenvalue weighted by molar-refractivity contribution is 6.31. The number of likely N-dealkylation sites (N-methyl/N-ethyl adjacent to an activating group) is 2. The molecule has 1 aromatic heterocycles. The maximum absolute atomic E-state index is 13.8. The molecular weight excluding hydrogens is 566 g/mol. The summed E-state index contributed by atoms with van der Waals surface area (Å²) in [4.78, 5) is 46.0. The first-order valence-corrected chi connectivity index (χ1v) is 15.3. The molecule has 4 rings (SSSR count). The summed E-state index contributed by atoms with van der Waals surface area (Å²) in [6.07, 6.45) is 8.18. The molecule has 1 aliphatic rings. The molecule has 3 amide bonds. The number of nitrogens with zero attached hydrogens (tertiary/aromatic N) is 5. The van der Waals surface area contributed by atoms with E-state index in [9.17, 15) is 14.4 Å². The van der Waals surface area contributed by atoms with Gasteiger partial charge in [0.05, 0.1) is 18.4 Å². The maximum Gasteiger partial charge on any atom is 0.258 e. The Morgan fingerprint density at radius 3 is 2.40 bits per heavy atom. The number of carbonyl (C=O) groups is 3. The molecule has 0 bridgehead atoms. The Hall–Kier alpha value is -3.85. The predicted molar refractivity (Wildman–Crippen MR) is 167 cm³/mol. The molecule has 1 atom stereocenters. The summed E-state index contributed by atoms with van der Waals surface area (Å²) in [7, 11) is 5.31. The van der Waals surface area contributed by atoms with E-state index in [-0.39, 0.29) is 17.7 Å². The molecule has 230 valence electrons. The topological polar surface area (TPSA) is 88.0 Å². The SMILES string of the molecule is CN1CCCCN(C(=O)CCc2cnn(C)c2)CCCCOc2ccc(Cl)cc2C(=O)N(C)[C@@H](Cc2ccccc2)C1=O. The van der Waals surface area contributed by atoms with Gasteiger partial charge in [-0.1, -0.05) is 41.9 Å². The zero-order valence-electron chi connectivity index (χ0n) is 25.4. The van der Waals surface area contributed by atoms with E-state index in [1.165, 1.54) is 4.90 Å². The van der Waals surface area contributed by atoms with Crippen molar-refractivity contribution in [3.8, 4) is 5.75 Å². The summed E-state index contributed by atoms with van der Waals surface area (Å²) in [5, 5.41) is 4.62. The number of rotatable bonds is 5. The number of ether oxygens (including phenoxy) is 1. The van der Waals surface area contributed by atoms with Crippen LogP contribution in [0.1, 0.15) is 53.6 Å². The van der Waals surface area contributed by atoms with Gasteiger partial charge < -0.3 is 19.4 Å². The fraction of sp³-hybridized carbons (Fsp3) is 0.455. The highest BCUT2D eigenvalue weighted by atomic mass is 35.5. The molecule has 3 aromatic rings. The van der Waals surface area contributed by atoms with Gasteiger partial charge in [0.1, 0.15) is 11.8 Å². The van der Waals surface area contributed by atoms with Crippen molar-refractivity contribution >= 4 is 29.3 Å². The van der Waals surface area contributed by atoms with Crippen LogP contribution >= 0.6 is 11.6 Å². The number of aryl methyl sites for hydroxylation is 2. The number of aromatic nitrogens is 2. The van der Waals surface area contributed by atoms with Gasteiger partial charge in [-0.05, 0) is 61.4 Å². The van der Waals surface area contributed by atoms with Gasteiger partial charge in [0.15, 0.2) is 0 Å². The van der Waals surface area contributed by atoms with Crippen LogP contribution in [-0.2, 0) is 29.5 Å². The van der Waals surface area contributed by atoms with Crippen LogP contribution in [0.15, 0.2) is 60.9 Å². The smallest absolute Gasteiger partial charge is 0.258 e. The molecule has 0 aliphatic carbocycles. The summed E-state index contributed by atoms with van der Waals surface area (Å²) in [6.45, 7) is 2.16. The van der Waals surface area contributed by atoms with Gasteiger partial charge in [0, 0.05) is 64.8 Å². The fourth-order valence-electron chi connectivity index (χ4n) is 5.33. The summed E-state index contributed by atoms with van der Waals surface area (Å²) in [6, 6.07) is 14.0. The Bertz CT molecular complexity index is 1380. The predicted octanol–water partition coefficient (Wildman–Crippen LogP) is 4.63. The lowest BCUT2D eigenvalue weighted by molar-refractivity contribution is -0.135. The van der Waals surface area contributed by atoms with Gasteiger partial charge >= 0.3 is 0 Å². The average Bonchev–Trinajstić information content (AvgIpc) is 3.43. The number of hydrogen-bond donors (Lipinski definition) is 0. The van der Waals surface area contributed by atoms with E-state index in [0.29, 0.717) is 61.8 Å². The minimum absolute atomic E-state index is 0.113. The highest BCUT2D eigenvalue weighted by Crippen LogP contribution is 2.26. The Morgan fingerprint density at radius 1 is 0.953 bits per heavy atom. The monoisotopic (exact) mass is 607 g/mol. The molecule has 0 saturated heterocycles. The van der Waals surface area contributed by atoms with Crippen LogP contribution in [0.3, 0.4) is 0 Å². The van der Waals surface area contributed by atoms with Gasteiger partial charge in [-0.25, -0.2) is 0 Å². The molecule has 1 aliphatic heterocycles. The standard InChI is InChI=1S/C33H42ClN5O4/c1-36-17-7-8-18-39(31(40)16-13-26-23-35-37(2)24-26)19-9-10-20-43-30-15-14-27(34)22-28(30)32(41)38(3)29(33(36)42)21-25-11-5-4-6-12-25/h4-6,11-12,14-15,22-24,29H,7-10,13,16-21H2,1-3H3/t29-/m0/s1. The van der Waals surface area contributed by atoms with E-state index in [1.54, 1.807) is 48.1 Å². The van der Waals surface area contributed by atoms with Crippen LogP contribution < -0.4 is 4.74 Å². The van der Waals surface area contributed by atoms with Crippen LogP contribution in [0.2, 0.25) is 5.02 Å². The molecule has 0 unspecified atom stereocenters. The van der Waals surface area contributed by atoms with Crippen molar-refractivity contribution < 1.29 is 19.1 Å². The Morgan fingerprint density at radius 2 is 1.67 bits per heavy atom. The first kappa shape index (κ1) is 32.1. The number of halogens is 1. The first-order chi connectivity index (χ1) is 20.7. The second kappa shape index (κ2) is 15.6. The zero-order valence-corrected chi connectivity index (χ0v) is 26.1. The molecule has 9 nitrogen and oxygen atoms in total. The van der Waals surface area contributed by atoms with Gasteiger partial charge in [-0.3, -0.25) is 19.1 Å². The third-order valence-electron chi connectivity index (χ3n) is 7.88. The van der Waals surface area contributed by atoms with Gasteiger partial charge in [-0.15, -0.1) is 0 Å². The fourth-order valence-corrected chi connectivity index (χ4v) is 5.50. The van der Waals surface area contributed by atoms with Crippen molar-refractivity contribution in [3.05, 3.63) is 82.6 Å². The van der Waals surface area contributed by atoms with Crippen LogP contribution in [0, 0.1) is 0 Å². The third kappa shape index (κ3) is 9.07. The lowest BCUT2D eigenvalue weighted by Crippen LogP contribution is -2.49. The summed E-state index contributed by atoms with van der Waals surface area (Å²) in [5.41, 5.74) is 2.32. The Balaban J connectivity index is 1.53. The first-order valence-electron chi connectivity index (χ1n) is 15.0. The lowest BCUT2D eigenvalue weighted by Gasteiger charge is -2.31. The van der Waals surface area contributed by atoms with Crippen LogP contribution in [-0.4, -0.2) is 88.6 Å². The summed E-state index contributed by atoms with van der Waals surface area (Å²) >= 11 is 6.31. The molecule has 43 heavy (non-hydrogen) atoms. The molecule has 0 spiro atoms. The molecule has 0 radical (unpaired) electrons. The summed E-state index contributed by atoms with van der Waals surface area (Å²) in [5.74, 6) is 0.0734. The number of fused-ring (bicyclic) bond motifs is 1. The van der Waals surface area contributed by atoms with E-state index in [1.807, 2.05) is 48.5 Å². The maximum atomic E-state index is 13.8. The van der Waals surface area contributed by atoms with Crippen molar-refractivity contribution in [3.63, 3.8) is 0 Å². The molecule has 0 N–H and O–H groups in total. The number of amides is 3. The van der Waals surface area contributed by atoms with Crippen molar-refractivity contribution in [2.45, 2.75) is 51.0 Å². The largest absolute Gasteiger partial charge is 0.493 e. The van der Waals surface area contributed by atoms with Crippen LogP contribution in [0.4, 0.5) is 0 Å². The summed E-state index contributed by atoms with van der Waals surface area (Å²) < 4.78 is 7.82. The highest BCUT2D eigenvalue weighted by Gasteiger charge is 2.31. The number of hydrogen-bond acceptors (Lipinski definition) is 5. The van der Waals surface area contributed by atoms with Gasteiger partial charge in [-0.2, -0.15) is 5.10 Å². The lowest BCUT2D eigenvalue weighted by atomic mass is 10.0. The number of benzene rings is 2. The van der Waals surface area contributed by atoms with Crippen molar-refractivity contribution in [2.24, 2.45) is 7.05 Å². The normalized spacial score (nSPS) is 17.8. The van der Waals surface area contributed by atoms with Gasteiger partial charge in [0.25, 0.3) is 5.91 Å². The van der Waals surface area contributed by atoms with Crippen LogP contribution in [0.25, 0.3) is 0 Å². The minimum Gasteiger partial charge on any atom is -0.493 e. The zero-order chi connectivity index (χ0) is 30.8. The molecule has 2 aromatic carbocycles.